The second-order valence-electron chi connectivity index (χ2n) is 6.88. The zero-order chi connectivity index (χ0) is 15.5. The number of esters is 1. The van der Waals surface area contributed by atoms with Gasteiger partial charge in [0.15, 0.2) is 0 Å². The van der Waals surface area contributed by atoms with E-state index in [1.807, 2.05) is 39.0 Å². The molecule has 0 saturated carbocycles. The van der Waals surface area contributed by atoms with Gasteiger partial charge in [0.25, 0.3) is 0 Å². The summed E-state index contributed by atoms with van der Waals surface area (Å²) in [5, 5.41) is 0. The smallest absolute Gasteiger partial charge is 0.320 e. The lowest BCUT2D eigenvalue weighted by atomic mass is 9.88. The quantitative estimate of drug-likeness (QED) is 0.867. The molecule has 1 fully saturated rings. The fraction of sp³-hybridized carbons (Fsp3) is 0.588. The molecule has 1 aromatic carbocycles. The number of benzene rings is 1. The van der Waals surface area contributed by atoms with Gasteiger partial charge in [-0.15, -0.1) is 0 Å². The third kappa shape index (κ3) is 5.14. The summed E-state index contributed by atoms with van der Waals surface area (Å²) in [6, 6.07) is 10.5. The second kappa shape index (κ2) is 6.58. The van der Waals surface area contributed by atoms with E-state index < -0.39 is 5.60 Å². The number of nitrogens with zero attached hydrogens (tertiary/aromatic N) is 1. The van der Waals surface area contributed by atoms with Crippen LogP contribution in [-0.4, -0.2) is 42.1 Å². The molecule has 0 amide bonds. The van der Waals surface area contributed by atoms with Crippen molar-refractivity contribution in [2.24, 2.45) is 5.73 Å². The number of likely N-dealkylation sites (tertiary alicyclic amines) is 1. The molecule has 0 aliphatic carbocycles. The molecule has 116 valence electrons. The van der Waals surface area contributed by atoms with E-state index in [1.165, 1.54) is 5.56 Å². The van der Waals surface area contributed by atoms with E-state index in [2.05, 4.69) is 17.0 Å². The Morgan fingerprint density at radius 1 is 1.29 bits per heavy atom. The lowest BCUT2D eigenvalue weighted by Crippen LogP contribution is -2.48. The third-order valence-corrected chi connectivity index (χ3v) is 3.60. The van der Waals surface area contributed by atoms with Crippen molar-refractivity contribution in [3.05, 3.63) is 35.9 Å². The standard InChI is InChI=1S/C17H26N2O2/c1-17(2,3)21-16(20)12-19-10-14(9-15(18)11-19)13-7-5-4-6-8-13/h4-8,14-15H,9-12,18H2,1-3H3. The van der Waals surface area contributed by atoms with E-state index >= 15 is 0 Å². The first-order chi connectivity index (χ1) is 9.83. The third-order valence-electron chi connectivity index (χ3n) is 3.60. The van der Waals surface area contributed by atoms with Crippen LogP contribution in [0.4, 0.5) is 0 Å². The summed E-state index contributed by atoms with van der Waals surface area (Å²) in [6.45, 7) is 7.59. The molecule has 0 aromatic heterocycles. The molecule has 0 spiro atoms. The Bertz CT molecular complexity index is 467. The SMILES string of the molecule is CC(C)(C)OC(=O)CN1CC(N)CC(c2ccccc2)C1. The van der Waals surface area contributed by atoms with Crippen LogP contribution >= 0.6 is 0 Å². The van der Waals surface area contributed by atoms with Crippen molar-refractivity contribution in [2.45, 2.75) is 44.8 Å². The Labute approximate surface area is 127 Å². The Kier molecular flexibility index (Phi) is 5.01. The van der Waals surface area contributed by atoms with Crippen molar-refractivity contribution in [3.63, 3.8) is 0 Å². The van der Waals surface area contributed by atoms with Crippen LogP contribution in [0.15, 0.2) is 30.3 Å². The maximum Gasteiger partial charge on any atom is 0.320 e. The molecule has 1 heterocycles. The molecule has 4 heteroatoms. The molecule has 0 bridgehead atoms. The van der Waals surface area contributed by atoms with Gasteiger partial charge in [0, 0.05) is 19.1 Å². The molecule has 0 radical (unpaired) electrons. The molecule has 2 unspecified atom stereocenters. The number of carbonyl (C=O) groups excluding carboxylic acids is 1. The van der Waals surface area contributed by atoms with E-state index in [-0.39, 0.29) is 12.0 Å². The van der Waals surface area contributed by atoms with Gasteiger partial charge in [-0.3, -0.25) is 9.69 Å². The highest BCUT2D eigenvalue weighted by molar-refractivity contribution is 5.72. The number of rotatable bonds is 3. The number of hydrogen-bond acceptors (Lipinski definition) is 4. The molecule has 2 atom stereocenters. The molecule has 2 rings (SSSR count). The fourth-order valence-corrected chi connectivity index (χ4v) is 2.88. The number of nitrogens with two attached hydrogens (primary N) is 1. The molecular weight excluding hydrogens is 264 g/mol. The van der Waals surface area contributed by atoms with Gasteiger partial charge < -0.3 is 10.5 Å². The molecule has 4 nitrogen and oxygen atoms in total. The largest absolute Gasteiger partial charge is 0.459 e. The molecule has 1 aliphatic heterocycles. The minimum absolute atomic E-state index is 0.103. The number of carbonyl (C=O) groups is 1. The van der Waals surface area contributed by atoms with Crippen LogP contribution < -0.4 is 5.73 Å². The highest BCUT2D eigenvalue weighted by Gasteiger charge is 2.28. The topological polar surface area (TPSA) is 55.6 Å². The van der Waals surface area contributed by atoms with Gasteiger partial charge in [-0.2, -0.15) is 0 Å². The Balaban J connectivity index is 1.96. The average Bonchev–Trinajstić information content (AvgIpc) is 2.36. The molecule has 2 N–H and O–H groups in total. The number of piperidine rings is 1. The van der Waals surface area contributed by atoms with Crippen LogP contribution in [0.25, 0.3) is 0 Å². The monoisotopic (exact) mass is 290 g/mol. The van der Waals surface area contributed by atoms with Gasteiger partial charge in [-0.05, 0) is 38.7 Å². The molecule has 1 aromatic rings. The zero-order valence-corrected chi connectivity index (χ0v) is 13.2. The predicted octanol–water partition coefficient (Wildman–Crippen LogP) is 2.14. The molecular formula is C17H26N2O2. The van der Waals surface area contributed by atoms with Crippen LogP contribution in [0.1, 0.15) is 38.7 Å². The van der Waals surface area contributed by atoms with Crippen molar-refractivity contribution in [1.29, 1.82) is 0 Å². The number of ether oxygens (including phenoxy) is 1. The van der Waals surface area contributed by atoms with Crippen molar-refractivity contribution in [1.82, 2.24) is 4.90 Å². The Hall–Kier alpha value is -1.39. The summed E-state index contributed by atoms with van der Waals surface area (Å²) in [5.74, 6) is 0.209. The predicted molar refractivity (Wildman–Crippen MR) is 84.1 cm³/mol. The maximum atomic E-state index is 12.0. The first-order valence-corrected chi connectivity index (χ1v) is 7.58. The number of hydrogen-bond donors (Lipinski definition) is 1. The molecule has 1 saturated heterocycles. The van der Waals surface area contributed by atoms with Crippen molar-refractivity contribution in [3.8, 4) is 0 Å². The van der Waals surface area contributed by atoms with Gasteiger partial charge in [-0.25, -0.2) is 0 Å². The van der Waals surface area contributed by atoms with E-state index in [1.54, 1.807) is 0 Å². The summed E-state index contributed by atoms with van der Waals surface area (Å²) in [4.78, 5) is 14.1. The first kappa shape index (κ1) is 16.0. The van der Waals surface area contributed by atoms with Gasteiger partial charge in [0.05, 0.1) is 6.54 Å². The van der Waals surface area contributed by atoms with Crippen LogP contribution in [0.2, 0.25) is 0 Å². The highest BCUT2D eigenvalue weighted by Crippen LogP contribution is 2.26. The molecule has 1 aliphatic rings. The Morgan fingerprint density at radius 2 is 1.95 bits per heavy atom. The van der Waals surface area contributed by atoms with Crippen molar-refractivity contribution < 1.29 is 9.53 Å². The van der Waals surface area contributed by atoms with Gasteiger partial charge in [0.1, 0.15) is 5.60 Å². The van der Waals surface area contributed by atoms with Gasteiger partial charge in [-0.1, -0.05) is 30.3 Å². The van der Waals surface area contributed by atoms with Gasteiger partial charge in [0.2, 0.25) is 0 Å². The summed E-state index contributed by atoms with van der Waals surface area (Å²) < 4.78 is 5.40. The zero-order valence-electron chi connectivity index (χ0n) is 13.2. The highest BCUT2D eigenvalue weighted by atomic mass is 16.6. The van der Waals surface area contributed by atoms with E-state index in [0.29, 0.717) is 12.5 Å². The summed E-state index contributed by atoms with van der Waals surface area (Å²) in [7, 11) is 0. The summed E-state index contributed by atoms with van der Waals surface area (Å²) in [6.07, 6.45) is 0.967. The normalized spacial score (nSPS) is 23.8. The van der Waals surface area contributed by atoms with E-state index in [4.69, 9.17) is 10.5 Å². The summed E-state index contributed by atoms with van der Waals surface area (Å²) >= 11 is 0. The maximum absolute atomic E-state index is 12.0. The average molecular weight is 290 g/mol. The van der Waals surface area contributed by atoms with Crippen LogP contribution in [0.3, 0.4) is 0 Å². The minimum atomic E-state index is -0.437. The lowest BCUT2D eigenvalue weighted by molar-refractivity contribution is -0.156. The molecule has 21 heavy (non-hydrogen) atoms. The van der Waals surface area contributed by atoms with E-state index in [9.17, 15) is 4.79 Å². The van der Waals surface area contributed by atoms with Crippen molar-refractivity contribution >= 4 is 5.97 Å². The van der Waals surface area contributed by atoms with Gasteiger partial charge >= 0.3 is 5.97 Å². The minimum Gasteiger partial charge on any atom is -0.459 e. The Morgan fingerprint density at radius 3 is 2.57 bits per heavy atom. The van der Waals surface area contributed by atoms with Crippen LogP contribution in [-0.2, 0) is 9.53 Å². The fourth-order valence-electron chi connectivity index (χ4n) is 2.88. The second-order valence-corrected chi connectivity index (χ2v) is 6.88. The van der Waals surface area contributed by atoms with Crippen LogP contribution in [0, 0.1) is 0 Å². The van der Waals surface area contributed by atoms with Crippen molar-refractivity contribution in [2.75, 3.05) is 19.6 Å². The van der Waals surface area contributed by atoms with Crippen LogP contribution in [0.5, 0.6) is 0 Å². The van der Waals surface area contributed by atoms with E-state index in [0.717, 1.165) is 19.5 Å². The lowest BCUT2D eigenvalue weighted by Gasteiger charge is -2.36. The summed E-state index contributed by atoms with van der Waals surface area (Å²) in [5.41, 5.74) is 7.02. The first-order valence-electron chi connectivity index (χ1n) is 7.58.